The Morgan fingerprint density at radius 2 is 2.32 bits per heavy atom. The lowest BCUT2D eigenvalue weighted by atomic mass is 10.0. The van der Waals surface area contributed by atoms with Gasteiger partial charge in [0, 0.05) is 37.1 Å². The molecule has 1 aromatic rings. The van der Waals surface area contributed by atoms with Gasteiger partial charge in [-0.1, -0.05) is 0 Å². The molecular formula is C13H18BrN3OS. The van der Waals surface area contributed by atoms with Gasteiger partial charge >= 0.3 is 6.03 Å². The second-order valence-corrected chi connectivity index (χ2v) is 7.71. The number of rotatable bonds is 3. The van der Waals surface area contributed by atoms with Crippen LogP contribution >= 0.6 is 27.3 Å². The second kappa shape index (κ2) is 5.81. The Bertz CT molecular complexity index is 464. The summed E-state index contributed by atoms with van der Waals surface area (Å²) in [6.07, 6.45) is 2.32. The number of carbonyl (C=O) groups is 1. The normalized spacial score (nSPS) is 24.8. The second-order valence-electron chi connectivity index (χ2n) is 5.16. The minimum Gasteiger partial charge on any atom is -0.336 e. The van der Waals surface area contributed by atoms with E-state index < -0.39 is 0 Å². The summed E-state index contributed by atoms with van der Waals surface area (Å²) in [5.41, 5.74) is 0. The topological polar surface area (TPSA) is 35.6 Å². The van der Waals surface area contributed by atoms with Gasteiger partial charge in [0.25, 0.3) is 0 Å². The van der Waals surface area contributed by atoms with Gasteiger partial charge in [-0.3, -0.25) is 4.90 Å². The predicted molar refractivity (Wildman–Crippen MR) is 80.4 cm³/mol. The maximum absolute atomic E-state index is 11.7. The molecule has 0 spiro atoms. The lowest BCUT2D eigenvalue weighted by Gasteiger charge is -2.36. The zero-order chi connectivity index (χ0) is 13.2. The van der Waals surface area contributed by atoms with Crippen LogP contribution in [0.15, 0.2) is 15.9 Å². The largest absolute Gasteiger partial charge is 0.336 e. The van der Waals surface area contributed by atoms with Crippen molar-refractivity contribution in [1.82, 2.24) is 15.1 Å². The van der Waals surface area contributed by atoms with E-state index in [0.717, 1.165) is 39.1 Å². The maximum atomic E-state index is 11.7. The molecule has 1 atom stereocenters. The van der Waals surface area contributed by atoms with E-state index in [9.17, 15) is 4.79 Å². The summed E-state index contributed by atoms with van der Waals surface area (Å²) in [5, 5.41) is 2.90. The van der Waals surface area contributed by atoms with Gasteiger partial charge in [0.05, 0.1) is 3.79 Å². The van der Waals surface area contributed by atoms with Crippen LogP contribution in [0.1, 0.15) is 17.7 Å². The number of piperidine rings is 1. The zero-order valence-corrected chi connectivity index (χ0v) is 13.2. The number of urea groups is 1. The van der Waals surface area contributed by atoms with Gasteiger partial charge in [0.2, 0.25) is 0 Å². The highest BCUT2D eigenvalue weighted by atomic mass is 79.9. The third-order valence-corrected chi connectivity index (χ3v) is 5.43. The lowest BCUT2D eigenvalue weighted by molar-refractivity contribution is 0.122. The van der Waals surface area contributed by atoms with Crippen LogP contribution in [-0.4, -0.2) is 48.1 Å². The molecule has 1 N–H and O–H groups in total. The van der Waals surface area contributed by atoms with Crippen LogP contribution in [-0.2, 0) is 6.54 Å². The molecule has 0 aliphatic carbocycles. The van der Waals surface area contributed by atoms with Gasteiger partial charge in [-0.2, -0.15) is 0 Å². The summed E-state index contributed by atoms with van der Waals surface area (Å²) < 4.78 is 1.19. The first-order chi connectivity index (χ1) is 9.22. The molecule has 0 radical (unpaired) electrons. The molecule has 19 heavy (non-hydrogen) atoms. The van der Waals surface area contributed by atoms with Gasteiger partial charge in [-0.15, -0.1) is 11.3 Å². The number of hydrogen-bond acceptors (Lipinski definition) is 3. The monoisotopic (exact) mass is 343 g/mol. The number of halogens is 1. The Kier molecular flexibility index (Phi) is 4.10. The Morgan fingerprint density at radius 3 is 3.00 bits per heavy atom. The first-order valence-electron chi connectivity index (χ1n) is 6.73. The van der Waals surface area contributed by atoms with Crippen molar-refractivity contribution in [2.45, 2.75) is 25.4 Å². The third kappa shape index (κ3) is 3.12. The highest BCUT2D eigenvalue weighted by Crippen LogP contribution is 2.25. The first-order valence-corrected chi connectivity index (χ1v) is 8.34. The molecule has 2 aliphatic heterocycles. The molecule has 6 heteroatoms. The SMILES string of the molecule is O=C1NCCN1[C@@H]1CCCN(Cc2ccc(Br)s2)C1. The van der Waals surface area contributed by atoms with Gasteiger partial charge in [-0.25, -0.2) is 4.79 Å². The molecule has 0 bridgehead atoms. The number of thiophene rings is 1. The maximum Gasteiger partial charge on any atom is 0.317 e. The van der Waals surface area contributed by atoms with Crippen LogP contribution in [0.2, 0.25) is 0 Å². The minimum atomic E-state index is 0.116. The molecule has 2 aliphatic rings. The number of hydrogen-bond donors (Lipinski definition) is 1. The van der Waals surface area contributed by atoms with Gasteiger partial charge in [0.1, 0.15) is 0 Å². The number of carbonyl (C=O) groups excluding carboxylic acids is 1. The Balaban J connectivity index is 1.60. The molecule has 0 aromatic carbocycles. The van der Waals surface area contributed by atoms with Gasteiger partial charge < -0.3 is 10.2 Å². The van der Waals surface area contributed by atoms with Gasteiger partial charge in [-0.05, 0) is 47.4 Å². The van der Waals surface area contributed by atoms with E-state index in [-0.39, 0.29) is 6.03 Å². The van der Waals surface area contributed by atoms with E-state index in [2.05, 4.69) is 38.3 Å². The van der Waals surface area contributed by atoms with Crippen molar-refractivity contribution in [3.05, 3.63) is 20.8 Å². The molecule has 0 saturated carbocycles. The average Bonchev–Trinajstić information content (AvgIpc) is 2.99. The molecule has 2 amide bonds. The highest BCUT2D eigenvalue weighted by molar-refractivity contribution is 9.11. The van der Waals surface area contributed by atoms with Crippen molar-refractivity contribution in [2.75, 3.05) is 26.2 Å². The van der Waals surface area contributed by atoms with Crippen LogP contribution in [0.25, 0.3) is 0 Å². The fourth-order valence-corrected chi connectivity index (χ4v) is 4.45. The molecule has 104 valence electrons. The lowest BCUT2D eigenvalue weighted by Crippen LogP contribution is -2.48. The molecule has 0 unspecified atom stereocenters. The Labute approximate surface area is 125 Å². The molecular weight excluding hydrogens is 326 g/mol. The number of nitrogens with zero attached hydrogens (tertiary/aromatic N) is 2. The van der Waals surface area contributed by atoms with E-state index in [0.29, 0.717) is 6.04 Å². The molecule has 2 saturated heterocycles. The van der Waals surface area contributed by atoms with Crippen molar-refractivity contribution in [2.24, 2.45) is 0 Å². The zero-order valence-electron chi connectivity index (χ0n) is 10.8. The smallest absolute Gasteiger partial charge is 0.317 e. The van der Waals surface area contributed by atoms with Crippen molar-refractivity contribution in [3.8, 4) is 0 Å². The standard InChI is InChI=1S/C13H18BrN3OS/c14-12-4-3-11(19-12)9-16-6-1-2-10(8-16)17-7-5-15-13(17)18/h3-4,10H,1-2,5-9H2,(H,15,18)/t10-/m1/s1. The van der Waals surface area contributed by atoms with Crippen molar-refractivity contribution >= 4 is 33.3 Å². The highest BCUT2D eigenvalue weighted by Gasteiger charge is 2.31. The van der Waals surface area contributed by atoms with E-state index in [1.54, 1.807) is 11.3 Å². The summed E-state index contributed by atoms with van der Waals surface area (Å²) in [7, 11) is 0. The molecule has 2 fully saturated rings. The van der Waals surface area contributed by atoms with Crippen LogP contribution < -0.4 is 5.32 Å². The van der Waals surface area contributed by atoms with E-state index in [1.807, 2.05) is 4.90 Å². The molecule has 3 rings (SSSR count). The third-order valence-electron chi connectivity index (χ3n) is 3.82. The summed E-state index contributed by atoms with van der Waals surface area (Å²) in [5.74, 6) is 0. The Morgan fingerprint density at radius 1 is 1.42 bits per heavy atom. The van der Waals surface area contributed by atoms with Crippen LogP contribution in [0.5, 0.6) is 0 Å². The first kappa shape index (κ1) is 13.4. The molecule has 3 heterocycles. The van der Waals surface area contributed by atoms with E-state index in [4.69, 9.17) is 0 Å². The van der Waals surface area contributed by atoms with Crippen molar-refractivity contribution in [3.63, 3.8) is 0 Å². The fraction of sp³-hybridized carbons (Fsp3) is 0.615. The summed E-state index contributed by atoms with van der Waals surface area (Å²) in [6.45, 7) is 4.81. The van der Waals surface area contributed by atoms with Crippen LogP contribution in [0.3, 0.4) is 0 Å². The van der Waals surface area contributed by atoms with Crippen LogP contribution in [0, 0.1) is 0 Å². The van der Waals surface area contributed by atoms with Gasteiger partial charge in [0.15, 0.2) is 0 Å². The molecule has 4 nitrogen and oxygen atoms in total. The molecule has 1 aromatic heterocycles. The van der Waals surface area contributed by atoms with E-state index in [1.165, 1.54) is 15.1 Å². The summed E-state index contributed by atoms with van der Waals surface area (Å²) >= 11 is 5.31. The van der Waals surface area contributed by atoms with Crippen molar-refractivity contribution in [1.29, 1.82) is 0 Å². The number of likely N-dealkylation sites (tertiary alicyclic amines) is 1. The quantitative estimate of drug-likeness (QED) is 0.915. The van der Waals surface area contributed by atoms with Crippen molar-refractivity contribution < 1.29 is 4.79 Å². The summed E-state index contributed by atoms with van der Waals surface area (Å²) in [4.78, 5) is 17.6. The summed E-state index contributed by atoms with van der Waals surface area (Å²) in [6, 6.07) is 4.79. The minimum absolute atomic E-state index is 0.116. The average molecular weight is 344 g/mol. The Hall–Kier alpha value is -0.590. The number of amides is 2. The van der Waals surface area contributed by atoms with Crippen LogP contribution in [0.4, 0.5) is 4.79 Å². The van der Waals surface area contributed by atoms with E-state index >= 15 is 0 Å². The predicted octanol–water partition coefficient (Wildman–Crippen LogP) is 2.50. The fourth-order valence-electron chi connectivity index (χ4n) is 2.92. The number of nitrogens with one attached hydrogen (secondary N) is 1.